The Kier molecular flexibility index (Phi) is 6.02. The number of nitrogens with one attached hydrogen (secondary N) is 2. The normalized spacial score (nSPS) is 17.3. The summed E-state index contributed by atoms with van der Waals surface area (Å²) < 4.78 is 1.69. The molecule has 1 aliphatic rings. The molecule has 3 aromatic rings. The molecule has 1 unspecified atom stereocenters. The van der Waals surface area contributed by atoms with Crippen molar-refractivity contribution in [3.8, 4) is 6.07 Å². The molecule has 1 aliphatic heterocycles. The van der Waals surface area contributed by atoms with Crippen LogP contribution in [0.4, 0.5) is 11.6 Å². The molecule has 1 saturated heterocycles. The molecule has 2 aromatic heterocycles. The number of nitrogen functional groups attached to an aromatic ring is 1. The maximum absolute atomic E-state index is 13.5. The molecule has 1 aromatic carbocycles. The Morgan fingerprint density at radius 2 is 2.29 bits per heavy atom. The summed E-state index contributed by atoms with van der Waals surface area (Å²) >= 11 is 6.35. The van der Waals surface area contributed by atoms with Crippen molar-refractivity contribution in [2.45, 2.75) is 32.4 Å². The lowest BCUT2D eigenvalue weighted by Crippen LogP contribution is -2.37. The number of benzene rings is 1. The highest BCUT2D eigenvalue weighted by molar-refractivity contribution is 6.35. The minimum absolute atomic E-state index is 0.0936. The van der Waals surface area contributed by atoms with Crippen molar-refractivity contribution >= 4 is 34.1 Å². The highest BCUT2D eigenvalue weighted by Gasteiger charge is 2.23. The molecule has 0 spiro atoms. The number of hydrogen-bond acceptors (Lipinski definition) is 8. The van der Waals surface area contributed by atoms with Gasteiger partial charge in [-0.1, -0.05) is 17.7 Å². The first kappa shape index (κ1) is 21.0. The van der Waals surface area contributed by atoms with E-state index >= 15 is 0 Å². The van der Waals surface area contributed by atoms with E-state index in [0.29, 0.717) is 40.0 Å². The molecule has 0 amide bonds. The number of fused-ring (bicyclic) bond motifs is 1. The molecular weight excluding hydrogens is 416 g/mol. The number of nitriles is 1. The van der Waals surface area contributed by atoms with Crippen molar-refractivity contribution in [3.63, 3.8) is 0 Å². The topological polar surface area (TPSA) is 135 Å². The van der Waals surface area contributed by atoms with Crippen LogP contribution in [0.2, 0.25) is 5.02 Å². The lowest BCUT2D eigenvalue weighted by molar-refractivity contribution is 0.327. The molecule has 0 aliphatic carbocycles. The van der Waals surface area contributed by atoms with Gasteiger partial charge in [0.1, 0.15) is 35.4 Å². The number of anilines is 2. The van der Waals surface area contributed by atoms with E-state index in [2.05, 4.69) is 20.6 Å². The molecule has 10 heteroatoms. The first-order valence-electron chi connectivity index (χ1n) is 10.2. The van der Waals surface area contributed by atoms with Gasteiger partial charge in [-0.05, 0) is 50.9 Å². The van der Waals surface area contributed by atoms with E-state index in [1.165, 1.54) is 6.33 Å². The number of hydrogen-bond donors (Lipinski definition) is 3. The van der Waals surface area contributed by atoms with Gasteiger partial charge in [-0.25, -0.2) is 15.0 Å². The van der Waals surface area contributed by atoms with Gasteiger partial charge in [-0.15, -0.1) is 0 Å². The quantitative estimate of drug-likeness (QED) is 0.552. The Hall–Kier alpha value is -3.22. The van der Waals surface area contributed by atoms with Crippen LogP contribution in [0.3, 0.4) is 0 Å². The summed E-state index contributed by atoms with van der Waals surface area (Å²) in [5.74, 6) is 1.25. The lowest BCUT2D eigenvalue weighted by Gasteiger charge is -2.26. The van der Waals surface area contributed by atoms with Gasteiger partial charge in [0.05, 0.1) is 22.0 Å². The Morgan fingerprint density at radius 3 is 3.03 bits per heavy atom. The molecule has 31 heavy (non-hydrogen) atoms. The second-order valence-corrected chi connectivity index (χ2v) is 8.10. The highest BCUT2D eigenvalue weighted by Crippen LogP contribution is 2.25. The van der Waals surface area contributed by atoms with Crippen LogP contribution < -0.4 is 21.9 Å². The molecule has 0 radical (unpaired) electrons. The van der Waals surface area contributed by atoms with Gasteiger partial charge < -0.3 is 16.4 Å². The third kappa shape index (κ3) is 4.17. The van der Waals surface area contributed by atoms with Crippen LogP contribution in [0, 0.1) is 17.2 Å². The predicted molar refractivity (Wildman–Crippen MR) is 120 cm³/mol. The van der Waals surface area contributed by atoms with Crippen LogP contribution in [0.1, 0.15) is 37.2 Å². The fourth-order valence-corrected chi connectivity index (χ4v) is 4.22. The fraction of sp³-hybridized carbons (Fsp3) is 0.381. The molecule has 9 nitrogen and oxygen atoms in total. The van der Waals surface area contributed by atoms with Crippen LogP contribution in [-0.2, 0) is 6.54 Å². The van der Waals surface area contributed by atoms with Crippen molar-refractivity contribution < 1.29 is 0 Å². The van der Waals surface area contributed by atoms with Crippen molar-refractivity contribution in [1.82, 2.24) is 24.8 Å². The summed E-state index contributed by atoms with van der Waals surface area (Å²) in [6.07, 6.45) is 3.39. The Labute approximate surface area is 184 Å². The average Bonchev–Trinajstić information content (AvgIpc) is 2.76. The first-order valence-corrected chi connectivity index (χ1v) is 10.5. The number of nitrogens with two attached hydrogens (primary N) is 1. The zero-order valence-corrected chi connectivity index (χ0v) is 17.9. The zero-order valence-electron chi connectivity index (χ0n) is 17.1. The van der Waals surface area contributed by atoms with Crippen molar-refractivity contribution in [2.75, 3.05) is 24.1 Å². The van der Waals surface area contributed by atoms with Crippen molar-refractivity contribution in [2.24, 2.45) is 5.92 Å². The highest BCUT2D eigenvalue weighted by atomic mass is 35.5. The summed E-state index contributed by atoms with van der Waals surface area (Å²) in [4.78, 5) is 26.3. The summed E-state index contributed by atoms with van der Waals surface area (Å²) in [6.45, 7) is 4.23. The average molecular weight is 439 g/mol. The van der Waals surface area contributed by atoms with E-state index in [4.69, 9.17) is 22.3 Å². The van der Waals surface area contributed by atoms with E-state index in [-0.39, 0.29) is 16.9 Å². The number of aromatic nitrogens is 4. The maximum Gasteiger partial charge on any atom is 0.262 e. The number of halogens is 1. The number of piperidine rings is 1. The first-order chi connectivity index (χ1) is 15.0. The molecule has 0 saturated carbocycles. The molecule has 160 valence electrons. The summed E-state index contributed by atoms with van der Waals surface area (Å²) in [6, 6.07) is 6.84. The number of rotatable bonds is 5. The third-order valence-corrected chi connectivity index (χ3v) is 5.85. The lowest BCUT2D eigenvalue weighted by atomic mass is 9.99. The van der Waals surface area contributed by atoms with E-state index in [9.17, 15) is 10.1 Å². The fourth-order valence-electron chi connectivity index (χ4n) is 3.97. The Bertz CT molecular complexity index is 1210. The van der Waals surface area contributed by atoms with E-state index < -0.39 is 6.04 Å². The molecule has 3 heterocycles. The van der Waals surface area contributed by atoms with Crippen LogP contribution >= 0.6 is 11.6 Å². The minimum atomic E-state index is -0.422. The van der Waals surface area contributed by atoms with Gasteiger partial charge in [0.2, 0.25) is 0 Å². The van der Waals surface area contributed by atoms with Gasteiger partial charge in [-0.2, -0.15) is 5.26 Å². The van der Waals surface area contributed by atoms with Crippen LogP contribution in [0.5, 0.6) is 0 Å². The van der Waals surface area contributed by atoms with Crippen molar-refractivity contribution in [3.05, 3.63) is 51.3 Å². The molecule has 0 bridgehead atoms. The maximum atomic E-state index is 13.5. The van der Waals surface area contributed by atoms with E-state index in [1.54, 1.807) is 22.8 Å². The van der Waals surface area contributed by atoms with Gasteiger partial charge >= 0.3 is 0 Å². The van der Waals surface area contributed by atoms with Gasteiger partial charge in [-0.3, -0.25) is 9.36 Å². The van der Waals surface area contributed by atoms with Crippen molar-refractivity contribution in [1.29, 1.82) is 5.26 Å². The summed E-state index contributed by atoms with van der Waals surface area (Å²) in [5, 5.41) is 16.8. The second-order valence-electron chi connectivity index (χ2n) is 7.69. The second kappa shape index (κ2) is 8.88. The zero-order chi connectivity index (χ0) is 22.0. The summed E-state index contributed by atoms with van der Waals surface area (Å²) in [7, 11) is 0. The monoisotopic (exact) mass is 438 g/mol. The van der Waals surface area contributed by atoms with Gasteiger partial charge in [0.25, 0.3) is 5.56 Å². The van der Waals surface area contributed by atoms with Gasteiger partial charge in [0.15, 0.2) is 0 Å². The van der Waals surface area contributed by atoms with Gasteiger partial charge in [0, 0.05) is 6.54 Å². The predicted octanol–water partition coefficient (Wildman–Crippen LogP) is 2.47. The Morgan fingerprint density at radius 1 is 1.45 bits per heavy atom. The Balaban J connectivity index is 1.80. The van der Waals surface area contributed by atoms with Crippen LogP contribution in [0.25, 0.3) is 10.9 Å². The largest absolute Gasteiger partial charge is 0.382 e. The van der Waals surface area contributed by atoms with Crippen LogP contribution in [0.15, 0.2) is 29.3 Å². The molecule has 4 rings (SSSR count). The SMILES string of the molecule is C[C@H](Nc1ncnc(N)c1C#N)c1nc2cccc(Cl)c2c(=O)n1CC1CCCNC1. The molecular formula is C21H23ClN8O. The summed E-state index contributed by atoms with van der Waals surface area (Å²) in [5.41, 5.74) is 6.32. The standard InChI is InChI=1S/C21H23ClN8O/c1-12(28-19-14(8-23)18(24)26-11-27-19)20-29-16-6-2-5-15(22)17(16)21(31)30(20)10-13-4-3-7-25-9-13/h2,5-6,11-13,25H,3-4,7,9-10H2,1H3,(H3,24,26,27,28)/t12-,13?/m0/s1. The number of nitrogens with zero attached hydrogens (tertiary/aromatic N) is 5. The molecule has 1 fully saturated rings. The smallest absolute Gasteiger partial charge is 0.262 e. The van der Waals surface area contributed by atoms with E-state index in [1.807, 2.05) is 13.0 Å². The molecule has 4 N–H and O–H groups in total. The van der Waals surface area contributed by atoms with Crippen LogP contribution in [-0.4, -0.2) is 32.6 Å². The third-order valence-electron chi connectivity index (χ3n) is 5.53. The molecule has 2 atom stereocenters. The van der Waals surface area contributed by atoms with E-state index in [0.717, 1.165) is 25.9 Å². The minimum Gasteiger partial charge on any atom is -0.382 e.